The number of phenols is 1. The molecule has 1 heteroatoms. The van der Waals surface area contributed by atoms with Crippen LogP contribution in [-0.2, 0) is 0 Å². The zero-order chi connectivity index (χ0) is 16.2. The van der Waals surface area contributed by atoms with Crippen molar-refractivity contribution in [1.29, 1.82) is 0 Å². The Balaban J connectivity index is 1.30. The van der Waals surface area contributed by atoms with Gasteiger partial charge in [-0.1, -0.05) is 12.1 Å². The maximum absolute atomic E-state index is 10.1. The molecule has 0 aliphatic heterocycles. The fourth-order valence-corrected chi connectivity index (χ4v) is 8.78. The molecule has 128 valence electrons. The van der Waals surface area contributed by atoms with E-state index in [0.717, 1.165) is 64.4 Å². The summed E-state index contributed by atoms with van der Waals surface area (Å²) < 4.78 is 0. The fraction of sp³-hybridized carbons (Fsp3) is 0.739. The first-order valence-corrected chi connectivity index (χ1v) is 10.4. The molecule has 0 heterocycles. The van der Waals surface area contributed by atoms with Gasteiger partial charge < -0.3 is 5.11 Å². The summed E-state index contributed by atoms with van der Waals surface area (Å²) >= 11 is 0. The van der Waals surface area contributed by atoms with E-state index in [1.165, 1.54) is 18.4 Å². The lowest BCUT2D eigenvalue weighted by molar-refractivity contribution is 0.0716. The summed E-state index contributed by atoms with van der Waals surface area (Å²) in [6.45, 7) is 4.13. The normalized spacial score (nSPS) is 50.5. The Hall–Kier alpha value is -0.980. The summed E-state index contributed by atoms with van der Waals surface area (Å²) in [5, 5.41) is 10.1. The number of fused-ring (bicyclic) bond motifs is 12. The van der Waals surface area contributed by atoms with Gasteiger partial charge in [-0.3, -0.25) is 0 Å². The van der Waals surface area contributed by atoms with Crippen molar-refractivity contribution in [3.8, 4) is 5.75 Å². The molecule has 0 radical (unpaired) electrons. The summed E-state index contributed by atoms with van der Waals surface area (Å²) in [7, 11) is 0. The Bertz CT molecular complexity index is 653. The lowest BCUT2D eigenvalue weighted by atomic mass is 9.64. The van der Waals surface area contributed by atoms with E-state index in [1.54, 1.807) is 25.7 Å². The number of hydrogen-bond acceptors (Lipinski definition) is 1. The standard InChI is InChI=1S/C23H30O/c1-11-5-15(6-12(2)23(11)24)16-8-17-18(9-16)20-10-19(17)21-13-3-4-14(7-13)22(20)21/h5-6,13-14,16-22,24H,3-4,7-10H2,1-2H3. The van der Waals surface area contributed by atoms with Crippen LogP contribution < -0.4 is 0 Å². The molecule has 8 unspecified atom stereocenters. The first-order valence-electron chi connectivity index (χ1n) is 10.4. The lowest BCUT2D eigenvalue weighted by Crippen LogP contribution is -2.35. The second-order valence-electron chi connectivity index (χ2n) is 10.1. The van der Waals surface area contributed by atoms with Crippen LogP contribution in [0.2, 0.25) is 0 Å². The van der Waals surface area contributed by atoms with Gasteiger partial charge >= 0.3 is 0 Å². The van der Waals surface area contributed by atoms with Crippen LogP contribution in [0, 0.1) is 61.2 Å². The molecule has 5 saturated carbocycles. The van der Waals surface area contributed by atoms with Crippen LogP contribution in [0.1, 0.15) is 61.1 Å². The van der Waals surface area contributed by atoms with Crippen molar-refractivity contribution < 1.29 is 5.11 Å². The Morgan fingerprint density at radius 1 is 0.750 bits per heavy atom. The van der Waals surface area contributed by atoms with Crippen LogP contribution in [0.25, 0.3) is 0 Å². The minimum Gasteiger partial charge on any atom is -0.507 e. The average Bonchev–Trinajstić information content (AvgIpc) is 3.33. The van der Waals surface area contributed by atoms with E-state index >= 15 is 0 Å². The van der Waals surface area contributed by atoms with Crippen molar-refractivity contribution in [1.82, 2.24) is 0 Å². The first kappa shape index (κ1) is 14.2. The van der Waals surface area contributed by atoms with Crippen LogP contribution in [0.3, 0.4) is 0 Å². The van der Waals surface area contributed by atoms with Gasteiger partial charge in [-0.05, 0) is 122 Å². The van der Waals surface area contributed by atoms with Crippen molar-refractivity contribution in [2.75, 3.05) is 0 Å². The van der Waals surface area contributed by atoms with Crippen LogP contribution in [0.15, 0.2) is 12.1 Å². The summed E-state index contributed by atoms with van der Waals surface area (Å²) in [5.74, 6) is 10.0. The molecule has 0 spiro atoms. The summed E-state index contributed by atoms with van der Waals surface area (Å²) in [5.41, 5.74) is 3.66. The Morgan fingerprint density at radius 2 is 1.29 bits per heavy atom. The second-order valence-corrected chi connectivity index (χ2v) is 10.1. The van der Waals surface area contributed by atoms with E-state index in [0.29, 0.717) is 5.75 Å². The van der Waals surface area contributed by atoms with Gasteiger partial charge in [0.1, 0.15) is 5.75 Å². The number of aryl methyl sites for hydroxylation is 2. The molecular formula is C23H30O. The first-order chi connectivity index (χ1) is 11.6. The van der Waals surface area contributed by atoms with Crippen molar-refractivity contribution >= 4 is 0 Å². The Morgan fingerprint density at radius 3 is 1.83 bits per heavy atom. The number of aromatic hydroxyl groups is 1. The zero-order valence-corrected chi connectivity index (χ0v) is 15.0. The topological polar surface area (TPSA) is 20.2 Å². The summed E-state index contributed by atoms with van der Waals surface area (Å²) in [6.07, 6.45) is 9.20. The Kier molecular flexibility index (Phi) is 2.72. The largest absolute Gasteiger partial charge is 0.507 e. The van der Waals surface area contributed by atoms with Crippen LogP contribution in [0.4, 0.5) is 0 Å². The minimum absolute atomic E-state index is 0.503. The molecule has 5 aliphatic carbocycles. The van der Waals surface area contributed by atoms with Crippen LogP contribution in [0.5, 0.6) is 5.75 Å². The molecule has 0 aromatic heterocycles. The SMILES string of the molecule is Cc1cc(C2CC3C(C2)C2CC3C3C4CCC(C4)C23)cc(C)c1O. The Labute approximate surface area is 145 Å². The van der Waals surface area contributed by atoms with Crippen molar-refractivity contribution in [2.45, 2.75) is 58.3 Å². The minimum atomic E-state index is 0.503. The maximum atomic E-state index is 10.1. The van der Waals surface area contributed by atoms with Gasteiger partial charge in [0.15, 0.2) is 0 Å². The van der Waals surface area contributed by atoms with Gasteiger partial charge in [0, 0.05) is 0 Å². The van der Waals surface area contributed by atoms with Gasteiger partial charge in [-0.2, -0.15) is 0 Å². The van der Waals surface area contributed by atoms with Gasteiger partial charge in [0.25, 0.3) is 0 Å². The molecule has 4 bridgehead atoms. The van der Waals surface area contributed by atoms with Gasteiger partial charge in [0.05, 0.1) is 0 Å². The highest BCUT2D eigenvalue weighted by atomic mass is 16.3. The highest BCUT2D eigenvalue weighted by Crippen LogP contribution is 2.73. The van der Waals surface area contributed by atoms with Crippen LogP contribution in [-0.4, -0.2) is 5.11 Å². The number of rotatable bonds is 1. The van der Waals surface area contributed by atoms with Gasteiger partial charge in [-0.15, -0.1) is 0 Å². The second kappa shape index (κ2) is 4.59. The summed E-state index contributed by atoms with van der Waals surface area (Å²) in [6, 6.07) is 4.56. The molecule has 24 heavy (non-hydrogen) atoms. The van der Waals surface area contributed by atoms with Crippen molar-refractivity contribution in [2.24, 2.45) is 47.3 Å². The molecule has 8 atom stereocenters. The molecule has 0 amide bonds. The van der Waals surface area contributed by atoms with Gasteiger partial charge in [-0.25, -0.2) is 0 Å². The summed E-state index contributed by atoms with van der Waals surface area (Å²) in [4.78, 5) is 0. The molecule has 1 aromatic rings. The molecule has 0 saturated heterocycles. The van der Waals surface area contributed by atoms with E-state index in [1.807, 2.05) is 0 Å². The van der Waals surface area contributed by atoms with Crippen LogP contribution >= 0.6 is 0 Å². The van der Waals surface area contributed by atoms with Crippen molar-refractivity contribution in [3.05, 3.63) is 28.8 Å². The third kappa shape index (κ3) is 1.62. The van der Waals surface area contributed by atoms with E-state index in [4.69, 9.17) is 0 Å². The lowest BCUT2D eigenvalue weighted by Gasteiger charge is -2.40. The molecule has 1 N–H and O–H groups in total. The quantitative estimate of drug-likeness (QED) is 0.683. The van der Waals surface area contributed by atoms with E-state index in [2.05, 4.69) is 26.0 Å². The zero-order valence-electron chi connectivity index (χ0n) is 15.0. The van der Waals surface area contributed by atoms with E-state index in [9.17, 15) is 5.11 Å². The monoisotopic (exact) mass is 322 g/mol. The molecule has 1 nitrogen and oxygen atoms in total. The number of benzene rings is 1. The highest BCUT2D eigenvalue weighted by molar-refractivity contribution is 5.43. The van der Waals surface area contributed by atoms with Gasteiger partial charge in [0.2, 0.25) is 0 Å². The maximum Gasteiger partial charge on any atom is 0.121 e. The third-order valence-corrected chi connectivity index (χ3v) is 9.33. The van der Waals surface area contributed by atoms with E-state index in [-0.39, 0.29) is 0 Å². The smallest absolute Gasteiger partial charge is 0.121 e. The number of phenolic OH excluding ortho intramolecular Hbond substituents is 1. The fourth-order valence-electron chi connectivity index (χ4n) is 8.78. The predicted octanol–water partition coefficient (Wildman–Crippen LogP) is 5.43. The molecule has 5 fully saturated rings. The third-order valence-electron chi connectivity index (χ3n) is 9.33. The average molecular weight is 322 g/mol. The molecule has 1 aromatic carbocycles. The molecule has 6 rings (SSSR count). The number of hydrogen-bond donors (Lipinski definition) is 1. The molecular weight excluding hydrogens is 292 g/mol. The van der Waals surface area contributed by atoms with E-state index < -0.39 is 0 Å². The molecule has 5 aliphatic rings. The highest BCUT2D eigenvalue weighted by Gasteiger charge is 2.66. The van der Waals surface area contributed by atoms with Crippen molar-refractivity contribution in [3.63, 3.8) is 0 Å². The predicted molar refractivity (Wildman–Crippen MR) is 95.9 cm³/mol.